The van der Waals surface area contributed by atoms with Crippen LogP contribution in [-0.4, -0.2) is 0 Å². The molecular formula is C18H18N. The van der Waals surface area contributed by atoms with Crippen LogP contribution in [0, 0.1) is 17.2 Å². The van der Waals surface area contributed by atoms with E-state index in [4.69, 9.17) is 5.26 Å². The molecule has 0 N–H and O–H groups in total. The largest absolute Gasteiger partial charge is 0.198 e. The number of hydrogen-bond acceptors (Lipinski definition) is 1. The first kappa shape index (κ1) is 13.4. The van der Waals surface area contributed by atoms with Crippen LogP contribution in [-0.2, 0) is 6.42 Å². The van der Waals surface area contributed by atoms with Crippen LogP contribution < -0.4 is 0 Å². The quantitative estimate of drug-likeness (QED) is 0.688. The summed E-state index contributed by atoms with van der Waals surface area (Å²) in [5.41, 5.74) is 2.63. The van der Waals surface area contributed by atoms with Crippen molar-refractivity contribution >= 4 is 0 Å². The first-order chi connectivity index (χ1) is 9.40. The van der Waals surface area contributed by atoms with Gasteiger partial charge in [-0.1, -0.05) is 60.7 Å². The van der Waals surface area contributed by atoms with Crippen molar-refractivity contribution in [1.29, 1.82) is 5.26 Å². The highest BCUT2D eigenvalue weighted by molar-refractivity contribution is 5.34. The molecule has 1 heteroatoms. The fourth-order valence-electron chi connectivity index (χ4n) is 2.23. The van der Waals surface area contributed by atoms with Gasteiger partial charge in [0.25, 0.3) is 0 Å². The lowest BCUT2D eigenvalue weighted by Crippen LogP contribution is -2.04. The van der Waals surface area contributed by atoms with Crippen LogP contribution in [0.1, 0.15) is 30.4 Å². The van der Waals surface area contributed by atoms with E-state index in [-0.39, 0.29) is 0 Å². The van der Waals surface area contributed by atoms with Crippen molar-refractivity contribution in [3.63, 3.8) is 0 Å². The molecule has 0 aliphatic rings. The number of unbranched alkanes of at least 4 members (excludes halogenated alkanes) is 1. The Hall–Kier alpha value is -2.07. The molecule has 2 aromatic rings. The molecular weight excluding hydrogens is 230 g/mol. The number of hydrogen-bond donors (Lipinski definition) is 0. The molecule has 1 radical (unpaired) electrons. The lowest BCUT2D eigenvalue weighted by molar-refractivity contribution is 0.748. The number of nitriles is 1. The Labute approximate surface area is 115 Å². The maximum atomic E-state index is 8.68. The molecule has 0 bridgehead atoms. The Morgan fingerprint density at radius 3 is 2.16 bits per heavy atom. The average Bonchev–Trinajstić information content (AvgIpc) is 2.48. The molecule has 0 saturated carbocycles. The second-order valence-electron chi connectivity index (χ2n) is 4.64. The van der Waals surface area contributed by atoms with E-state index in [1.54, 1.807) is 0 Å². The van der Waals surface area contributed by atoms with Gasteiger partial charge < -0.3 is 0 Å². The Morgan fingerprint density at radius 2 is 1.53 bits per heavy atom. The monoisotopic (exact) mass is 248 g/mol. The van der Waals surface area contributed by atoms with Gasteiger partial charge in [-0.3, -0.25) is 0 Å². The van der Waals surface area contributed by atoms with E-state index >= 15 is 0 Å². The zero-order valence-electron chi connectivity index (χ0n) is 11.0. The minimum absolute atomic E-state index is 0.630. The van der Waals surface area contributed by atoms with Crippen molar-refractivity contribution in [1.82, 2.24) is 0 Å². The number of nitrogens with zero attached hydrogens (tertiary/aromatic N) is 1. The predicted molar refractivity (Wildman–Crippen MR) is 78.4 cm³/mol. The fraction of sp³-hybridized carbons (Fsp3) is 0.222. The van der Waals surface area contributed by atoms with Gasteiger partial charge in [-0.25, -0.2) is 0 Å². The highest BCUT2D eigenvalue weighted by atomic mass is 14.2. The van der Waals surface area contributed by atoms with Gasteiger partial charge in [-0.05, 0) is 30.4 Å². The molecule has 19 heavy (non-hydrogen) atoms. The van der Waals surface area contributed by atoms with Gasteiger partial charge in [0, 0.05) is 12.3 Å². The maximum absolute atomic E-state index is 8.68. The standard InChI is InChI=1S/C18H18N/c19-14-8-7-13-18(17-11-5-2-6-12-17)15-16-9-3-1-4-10-16/h1-6,9-12H,7-8,13,15H2. The Morgan fingerprint density at radius 1 is 0.895 bits per heavy atom. The maximum Gasteiger partial charge on any atom is 0.0621 e. The van der Waals surface area contributed by atoms with Crippen LogP contribution in [0.25, 0.3) is 0 Å². The van der Waals surface area contributed by atoms with Crippen LogP contribution in [0.5, 0.6) is 0 Å². The molecule has 2 rings (SSSR count). The molecule has 0 aliphatic heterocycles. The number of rotatable bonds is 6. The molecule has 95 valence electrons. The van der Waals surface area contributed by atoms with E-state index in [2.05, 4.69) is 54.6 Å². The minimum Gasteiger partial charge on any atom is -0.198 e. The van der Waals surface area contributed by atoms with E-state index < -0.39 is 0 Å². The van der Waals surface area contributed by atoms with E-state index in [1.807, 2.05) is 12.1 Å². The third-order valence-corrected chi connectivity index (χ3v) is 3.21. The third kappa shape index (κ3) is 4.26. The lowest BCUT2D eigenvalue weighted by atomic mass is 9.88. The topological polar surface area (TPSA) is 23.8 Å². The zero-order chi connectivity index (χ0) is 13.3. The summed E-state index contributed by atoms with van der Waals surface area (Å²) in [5.74, 6) is 1.42. The van der Waals surface area contributed by atoms with Gasteiger partial charge >= 0.3 is 0 Å². The van der Waals surface area contributed by atoms with Gasteiger partial charge in [-0.2, -0.15) is 5.26 Å². The van der Waals surface area contributed by atoms with Crippen molar-refractivity contribution in [3.8, 4) is 6.07 Å². The molecule has 0 unspecified atom stereocenters. The lowest BCUT2D eigenvalue weighted by Gasteiger charge is -2.16. The summed E-state index contributed by atoms with van der Waals surface area (Å²) in [4.78, 5) is 0. The molecule has 0 amide bonds. The third-order valence-electron chi connectivity index (χ3n) is 3.21. The van der Waals surface area contributed by atoms with Crippen molar-refractivity contribution in [3.05, 3.63) is 77.7 Å². The molecule has 0 aliphatic carbocycles. The molecule has 2 aromatic carbocycles. The summed E-state index contributed by atoms with van der Waals surface area (Å²) in [7, 11) is 0. The Kier molecular flexibility index (Phi) is 5.19. The first-order valence-electron chi connectivity index (χ1n) is 6.71. The molecule has 1 nitrogen and oxygen atoms in total. The van der Waals surface area contributed by atoms with E-state index in [0.717, 1.165) is 19.3 Å². The first-order valence-corrected chi connectivity index (χ1v) is 6.71. The summed E-state index contributed by atoms with van der Waals surface area (Å²) in [6.45, 7) is 0. The molecule has 0 heterocycles. The average molecular weight is 248 g/mol. The van der Waals surface area contributed by atoms with E-state index in [1.165, 1.54) is 17.0 Å². The SMILES string of the molecule is N#CCCC[C](Cc1ccccc1)c1ccccc1. The predicted octanol–water partition coefficient (Wildman–Crippen LogP) is 4.55. The highest BCUT2D eigenvalue weighted by Gasteiger charge is 2.12. The van der Waals surface area contributed by atoms with Gasteiger partial charge in [-0.15, -0.1) is 0 Å². The van der Waals surface area contributed by atoms with Crippen LogP contribution in [0.3, 0.4) is 0 Å². The van der Waals surface area contributed by atoms with Crippen LogP contribution in [0.2, 0.25) is 0 Å². The van der Waals surface area contributed by atoms with Crippen molar-refractivity contribution < 1.29 is 0 Å². The van der Waals surface area contributed by atoms with Crippen molar-refractivity contribution in [2.24, 2.45) is 0 Å². The van der Waals surface area contributed by atoms with Crippen LogP contribution >= 0.6 is 0 Å². The van der Waals surface area contributed by atoms with Gasteiger partial charge in [0.15, 0.2) is 0 Å². The Bertz CT molecular complexity index is 510. The Balaban J connectivity index is 2.08. The highest BCUT2D eigenvalue weighted by Crippen LogP contribution is 2.25. The zero-order valence-corrected chi connectivity index (χ0v) is 11.0. The summed E-state index contributed by atoms with van der Waals surface area (Å²) in [6.07, 6.45) is 3.53. The summed E-state index contributed by atoms with van der Waals surface area (Å²) in [6, 6.07) is 23.2. The number of benzene rings is 2. The van der Waals surface area contributed by atoms with Gasteiger partial charge in [0.05, 0.1) is 6.07 Å². The molecule has 0 spiro atoms. The van der Waals surface area contributed by atoms with Crippen molar-refractivity contribution in [2.75, 3.05) is 0 Å². The van der Waals surface area contributed by atoms with E-state index in [9.17, 15) is 0 Å². The van der Waals surface area contributed by atoms with Crippen LogP contribution in [0.15, 0.2) is 60.7 Å². The molecule has 0 aromatic heterocycles. The van der Waals surface area contributed by atoms with Crippen molar-refractivity contribution in [2.45, 2.75) is 25.7 Å². The van der Waals surface area contributed by atoms with Gasteiger partial charge in [0.1, 0.15) is 0 Å². The minimum atomic E-state index is 0.630. The van der Waals surface area contributed by atoms with E-state index in [0.29, 0.717) is 6.42 Å². The second kappa shape index (κ2) is 7.38. The molecule has 0 fully saturated rings. The normalized spacial score (nSPS) is 10.3. The van der Waals surface area contributed by atoms with Crippen LogP contribution in [0.4, 0.5) is 0 Å². The second-order valence-corrected chi connectivity index (χ2v) is 4.64. The molecule has 0 saturated heterocycles. The summed E-state index contributed by atoms with van der Waals surface area (Å²) >= 11 is 0. The smallest absolute Gasteiger partial charge is 0.0621 e. The molecule has 0 atom stereocenters. The summed E-state index contributed by atoms with van der Waals surface area (Å²) in [5, 5.41) is 8.68. The summed E-state index contributed by atoms with van der Waals surface area (Å²) < 4.78 is 0. The fourth-order valence-corrected chi connectivity index (χ4v) is 2.23. The van der Waals surface area contributed by atoms with Gasteiger partial charge in [0.2, 0.25) is 0 Å².